The Balaban J connectivity index is 2.53. The first-order valence-corrected chi connectivity index (χ1v) is 7.06. The molecule has 1 atom stereocenters. The van der Waals surface area contributed by atoms with Crippen LogP contribution >= 0.6 is 0 Å². The summed E-state index contributed by atoms with van der Waals surface area (Å²) < 4.78 is 16.4. The number of hydrogen-bond donors (Lipinski definition) is 1. The fraction of sp³-hybridized carbons (Fsp3) is 0.353. The number of ether oxygens (including phenoxy) is 2. The average molecular weight is 303 g/mol. The summed E-state index contributed by atoms with van der Waals surface area (Å²) in [7, 11) is 3.15. The molecule has 5 nitrogen and oxygen atoms in total. The summed E-state index contributed by atoms with van der Waals surface area (Å²) in [6.45, 7) is 5.40. The predicted octanol–water partition coefficient (Wildman–Crippen LogP) is 3.72. The summed E-state index contributed by atoms with van der Waals surface area (Å²) >= 11 is 0. The van der Waals surface area contributed by atoms with E-state index in [0.717, 1.165) is 17.1 Å². The fourth-order valence-electron chi connectivity index (χ4n) is 2.39. The second kappa shape index (κ2) is 6.56. The van der Waals surface area contributed by atoms with Crippen LogP contribution in [0.2, 0.25) is 0 Å². The number of benzene rings is 1. The Morgan fingerprint density at radius 3 is 2.32 bits per heavy atom. The molecule has 1 amide bonds. The molecule has 0 bridgehead atoms. The molecule has 0 spiro atoms. The Kier molecular flexibility index (Phi) is 4.75. The number of aryl methyl sites for hydroxylation is 1. The Bertz CT molecular complexity index is 675. The number of carbonyl (C=O) groups excluding carboxylic acids is 1. The van der Waals surface area contributed by atoms with Gasteiger partial charge in [-0.15, -0.1) is 0 Å². The molecule has 1 heterocycles. The van der Waals surface area contributed by atoms with Crippen LogP contribution in [0.15, 0.2) is 28.7 Å². The number of hydrogen-bond acceptors (Lipinski definition) is 4. The SMILES string of the molecule is COc1cc(NC(C)=O)c(C(C)c2ccc(C)o2)cc1OC. The highest BCUT2D eigenvalue weighted by Gasteiger charge is 2.20. The maximum Gasteiger partial charge on any atom is 0.221 e. The van der Waals surface area contributed by atoms with Crippen LogP contribution in [0.4, 0.5) is 5.69 Å². The van der Waals surface area contributed by atoms with E-state index >= 15 is 0 Å². The molecular formula is C17H21NO4. The van der Waals surface area contributed by atoms with Crippen molar-refractivity contribution in [2.24, 2.45) is 0 Å². The van der Waals surface area contributed by atoms with E-state index in [1.165, 1.54) is 6.92 Å². The van der Waals surface area contributed by atoms with Crippen molar-refractivity contribution in [3.05, 3.63) is 41.3 Å². The quantitative estimate of drug-likeness (QED) is 0.914. The van der Waals surface area contributed by atoms with Crippen molar-refractivity contribution in [3.8, 4) is 11.5 Å². The minimum absolute atomic E-state index is 0.0321. The first kappa shape index (κ1) is 15.9. The molecule has 1 aromatic carbocycles. The molecule has 2 aromatic rings. The largest absolute Gasteiger partial charge is 0.493 e. The number of furan rings is 1. The van der Waals surface area contributed by atoms with E-state index < -0.39 is 0 Å². The zero-order valence-corrected chi connectivity index (χ0v) is 13.5. The van der Waals surface area contributed by atoms with Gasteiger partial charge in [0.05, 0.1) is 14.2 Å². The Hall–Kier alpha value is -2.43. The van der Waals surface area contributed by atoms with Gasteiger partial charge >= 0.3 is 0 Å². The van der Waals surface area contributed by atoms with Gasteiger partial charge in [0, 0.05) is 24.6 Å². The minimum Gasteiger partial charge on any atom is -0.493 e. The molecular weight excluding hydrogens is 282 g/mol. The maximum atomic E-state index is 11.5. The summed E-state index contributed by atoms with van der Waals surface area (Å²) in [4.78, 5) is 11.5. The lowest BCUT2D eigenvalue weighted by atomic mass is 9.96. The molecule has 5 heteroatoms. The highest BCUT2D eigenvalue weighted by Crippen LogP contribution is 2.39. The van der Waals surface area contributed by atoms with Gasteiger partial charge in [-0.2, -0.15) is 0 Å². The molecule has 0 aliphatic rings. The van der Waals surface area contributed by atoms with Crippen LogP contribution in [-0.4, -0.2) is 20.1 Å². The van der Waals surface area contributed by atoms with Gasteiger partial charge in [0.1, 0.15) is 11.5 Å². The Morgan fingerprint density at radius 2 is 1.82 bits per heavy atom. The summed E-state index contributed by atoms with van der Waals surface area (Å²) in [6, 6.07) is 7.49. The molecule has 0 aliphatic carbocycles. The molecule has 1 aromatic heterocycles. The summed E-state index contributed by atoms with van der Waals surface area (Å²) in [6.07, 6.45) is 0. The molecule has 0 aliphatic heterocycles. The molecule has 1 unspecified atom stereocenters. The highest BCUT2D eigenvalue weighted by atomic mass is 16.5. The van der Waals surface area contributed by atoms with Gasteiger partial charge in [-0.05, 0) is 30.7 Å². The lowest BCUT2D eigenvalue weighted by molar-refractivity contribution is -0.114. The number of methoxy groups -OCH3 is 2. The third kappa shape index (κ3) is 3.24. The second-order valence-electron chi connectivity index (χ2n) is 5.15. The smallest absolute Gasteiger partial charge is 0.221 e. The van der Waals surface area contributed by atoms with Crippen LogP contribution in [0.25, 0.3) is 0 Å². The van der Waals surface area contributed by atoms with Crippen LogP contribution in [-0.2, 0) is 4.79 Å². The first-order valence-electron chi connectivity index (χ1n) is 7.06. The van der Waals surface area contributed by atoms with Crippen molar-refractivity contribution in [3.63, 3.8) is 0 Å². The van der Waals surface area contributed by atoms with E-state index in [1.54, 1.807) is 20.3 Å². The topological polar surface area (TPSA) is 60.7 Å². The molecule has 0 radical (unpaired) electrons. The van der Waals surface area contributed by atoms with Crippen molar-refractivity contribution in [1.29, 1.82) is 0 Å². The van der Waals surface area contributed by atoms with Gasteiger partial charge in [-0.3, -0.25) is 4.79 Å². The standard InChI is InChI=1S/C17H21NO4/c1-10-6-7-15(22-10)11(2)13-8-16(20-4)17(21-5)9-14(13)18-12(3)19/h6-9,11H,1-5H3,(H,18,19). The van der Waals surface area contributed by atoms with E-state index in [-0.39, 0.29) is 11.8 Å². The van der Waals surface area contributed by atoms with Crippen LogP contribution < -0.4 is 14.8 Å². The third-order valence-corrected chi connectivity index (χ3v) is 3.52. The van der Waals surface area contributed by atoms with Crippen LogP contribution in [0.5, 0.6) is 11.5 Å². The number of anilines is 1. The Morgan fingerprint density at radius 1 is 1.18 bits per heavy atom. The molecule has 0 saturated heterocycles. The lowest BCUT2D eigenvalue weighted by Crippen LogP contribution is -2.10. The highest BCUT2D eigenvalue weighted by molar-refractivity contribution is 5.90. The van der Waals surface area contributed by atoms with Crippen molar-refractivity contribution < 1.29 is 18.7 Å². The molecule has 22 heavy (non-hydrogen) atoms. The molecule has 2 rings (SSSR count). The van der Waals surface area contributed by atoms with Gasteiger partial charge < -0.3 is 19.2 Å². The number of rotatable bonds is 5. The van der Waals surface area contributed by atoms with Gasteiger partial charge in [-0.1, -0.05) is 6.92 Å². The van der Waals surface area contributed by atoms with E-state index in [0.29, 0.717) is 17.2 Å². The van der Waals surface area contributed by atoms with Gasteiger partial charge in [0.25, 0.3) is 0 Å². The number of amides is 1. The van der Waals surface area contributed by atoms with Gasteiger partial charge in [0.15, 0.2) is 11.5 Å². The predicted molar refractivity (Wildman–Crippen MR) is 84.8 cm³/mol. The van der Waals surface area contributed by atoms with Crippen LogP contribution in [0.1, 0.15) is 36.8 Å². The van der Waals surface area contributed by atoms with Crippen molar-refractivity contribution in [2.45, 2.75) is 26.7 Å². The summed E-state index contributed by atoms with van der Waals surface area (Å²) in [5, 5.41) is 2.84. The van der Waals surface area contributed by atoms with Crippen molar-refractivity contribution >= 4 is 11.6 Å². The Labute approximate surface area is 130 Å². The van der Waals surface area contributed by atoms with Crippen LogP contribution in [0, 0.1) is 6.92 Å². The second-order valence-corrected chi connectivity index (χ2v) is 5.15. The van der Waals surface area contributed by atoms with Crippen molar-refractivity contribution in [1.82, 2.24) is 0 Å². The zero-order valence-electron chi connectivity index (χ0n) is 13.5. The molecule has 0 saturated carbocycles. The molecule has 118 valence electrons. The lowest BCUT2D eigenvalue weighted by Gasteiger charge is -2.18. The third-order valence-electron chi connectivity index (χ3n) is 3.52. The van der Waals surface area contributed by atoms with Crippen LogP contribution in [0.3, 0.4) is 0 Å². The van der Waals surface area contributed by atoms with Crippen molar-refractivity contribution in [2.75, 3.05) is 19.5 Å². The van der Waals surface area contributed by atoms with E-state index in [1.807, 2.05) is 32.0 Å². The van der Waals surface area contributed by atoms with E-state index in [2.05, 4.69) is 5.32 Å². The molecule has 1 N–H and O–H groups in total. The van der Waals surface area contributed by atoms with E-state index in [4.69, 9.17) is 13.9 Å². The van der Waals surface area contributed by atoms with E-state index in [9.17, 15) is 4.79 Å². The van der Waals surface area contributed by atoms with Gasteiger partial charge in [0.2, 0.25) is 5.91 Å². The van der Waals surface area contributed by atoms with Gasteiger partial charge in [-0.25, -0.2) is 0 Å². The normalized spacial score (nSPS) is 11.9. The number of nitrogens with one attached hydrogen (secondary N) is 1. The minimum atomic E-state index is -0.142. The monoisotopic (exact) mass is 303 g/mol. The summed E-state index contributed by atoms with van der Waals surface area (Å²) in [5.41, 5.74) is 1.59. The average Bonchev–Trinajstić information content (AvgIpc) is 2.92. The number of carbonyl (C=O) groups is 1. The molecule has 0 fully saturated rings. The maximum absolute atomic E-state index is 11.5. The summed E-state index contributed by atoms with van der Waals surface area (Å²) in [5.74, 6) is 2.69. The first-order chi connectivity index (χ1) is 10.5. The fourth-order valence-corrected chi connectivity index (χ4v) is 2.39. The zero-order chi connectivity index (χ0) is 16.3.